The van der Waals surface area contributed by atoms with Gasteiger partial charge < -0.3 is 9.47 Å². The molecule has 0 radical (unpaired) electrons. The van der Waals surface area contributed by atoms with Crippen LogP contribution in [0.15, 0.2) is 48.5 Å². The Hall–Kier alpha value is -3.00. The fraction of sp³-hybridized carbons (Fsp3) is 0.118. The van der Waals surface area contributed by atoms with Crippen LogP contribution in [0.5, 0.6) is 11.5 Å². The van der Waals surface area contributed by atoms with E-state index in [2.05, 4.69) is 15.3 Å². The summed E-state index contributed by atoms with van der Waals surface area (Å²) in [6.07, 6.45) is -0.318. The van der Waals surface area contributed by atoms with E-state index in [4.69, 9.17) is 9.47 Å². The molecule has 0 amide bonds. The molecule has 1 aliphatic rings. The molecule has 5 rings (SSSR count). The summed E-state index contributed by atoms with van der Waals surface area (Å²) in [5, 5.41) is 13.5. The van der Waals surface area contributed by atoms with Gasteiger partial charge in [-0.1, -0.05) is 35.6 Å². The highest BCUT2D eigenvalue weighted by Crippen LogP contribution is 2.37. The van der Waals surface area contributed by atoms with Gasteiger partial charge in [0.2, 0.25) is 4.96 Å². The number of ether oxygens (including phenoxy) is 2. The van der Waals surface area contributed by atoms with Crippen molar-refractivity contribution in [3.8, 4) is 22.9 Å². The van der Waals surface area contributed by atoms with E-state index in [1.54, 1.807) is 16.6 Å². The minimum atomic E-state index is -0.328. The molecule has 124 valence electrons. The zero-order valence-electron chi connectivity index (χ0n) is 12.8. The summed E-state index contributed by atoms with van der Waals surface area (Å²) in [4.78, 5) is 0.622. The lowest BCUT2D eigenvalue weighted by molar-refractivity contribution is 0.0904. The molecule has 0 fully saturated rings. The summed E-state index contributed by atoms with van der Waals surface area (Å²) < 4.78 is 26.8. The number of fused-ring (bicyclic) bond motifs is 2. The smallest absolute Gasteiger partial charge is 0.235 e. The first kappa shape index (κ1) is 14.4. The summed E-state index contributed by atoms with van der Waals surface area (Å²) in [6, 6.07) is 13.7. The van der Waals surface area contributed by atoms with Crippen LogP contribution in [0, 0.1) is 5.82 Å². The van der Waals surface area contributed by atoms with Crippen LogP contribution in [0.2, 0.25) is 0 Å². The van der Waals surface area contributed by atoms with Gasteiger partial charge in [0, 0.05) is 5.56 Å². The van der Waals surface area contributed by atoms with Crippen molar-refractivity contribution < 1.29 is 13.9 Å². The largest absolute Gasteiger partial charge is 0.485 e. The van der Waals surface area contributed by atoms with Gasteiger partial charge in [-0.15, -0.1) is 10.2 Å². The predicted molar refractivity (Wildman–Crippen MR) is 89.4 cm³/mol. The second-order valence-corrected chi connectivity index (χ2v) is 6.52. The number of rotatable bonds is 2. The quantitative estimate of drug-likeness (QED) is 0.551. The number of nitrogens with zero attached hydrogens (tertiary/aromatic N) is 4. The summed E-state index contributed by atoms with van der Waals surface area (Å²) >= 11 is 1.38. The Balaban J connectivity index is 1.52. The molecule has 2 aromatic carbocycles. The van der Waals surface area contributed by atoms with Crippen molar-refractivity contribution in [3.63, 3.8) is 0 Å². The van der Waals surface area contributed by atoms with Gasteiger partial charge in [0.1, 0.15) is 12.4 Å². The van der Waals surface area contributed by atoms with E-state index in [1.807, 2.05) is 24.3 Å². The van der Waals surface area contributed by atoms with Crippen molar-refractivity contribution in [1.29, 1.82) is 0 Å². The SMILES string of the molecule is Fc1cccc(-c2nnc3sc([C@H]4COc5ccccc5O4)nn23)c1. The van der Waals surface area contributed by atoms with Crippen LogP contribution in [-0.4, -0.2) is 26.4 Å². The van der Waals surface area contributed by atoms with Crippen molar-refractivity contribution in [1.82, 2.24) is 19.8 Å². The third kappa shape index (κ3) is 2.42. The Morgan fingerprint density at radius 2 is 1.96 bits per heavy atom. The van der Waals surface area contributed by atoms with E-state index < -0.39 is 0 Å². The molecular weight excluding hydrogens is 343 g/mol. The van der Waals surface area contributed by atoms with Gasteiger partial charge in [-0.2, -0.15) is 9.61 Å². The second kappa shape index (κ2) is 5.52. The Morgan fingerprint density at radius 3 is 2.84 bits per heavy atom. The molecule has 8 heteroatoms. The maximum absolute atomic E-state index is 13.5. The maximum atomic E-state index is 13.5. The topological polar surface area (TPSA) is 61.5 Å². The van der Waals surface area contributed by atoms with E-state index >= 15 is 0 Å². The molecule has 0 aliphatic carbocycles. The maximum Gasteiger partial charge on any atom is 0.235 e. The molecule has 0 N–H and O–H groups in total. The van der Waals surface area contributed by atoms with Crippen LogP contribution in [0.3, 0.4) is 0 Å². The third-order valence-electron chi connectivity index (χ3n) is 3.87. The van der Waals surface area contributed by atoms with E-state index in [9.17, 15) is 4.39 Å². The van der Waals surface area contributed by atoms with Crippen LogP contribution in [0.1, 0.15) is 11.1 Å². The van der Waals surface area contributed by atoms with E-state index in [1.165, 1.54) is 23.5 Å². The average molecular weight is 354 g/mol. The molecule has 1 aliphatic heterocycles. The fourth-order valence-corrected chi connectivity index (χ4v) is 3.56. The fourth-order valence-electron chi connectivity index (χ4n) is 2.71. The number of halogens is 1. The van der Waals surface area contributed by atoms with Gasteiger partial charge in [0.15, 0.2) is 28.4 Å². The van der Waals surface area contributed by atoms with Gasteiger partial charge in [0.05, 0.1) is 0 Å². The van der Waals surface area contributed by atoms with Gasteiger partial charge >= 0.3 is 0 Å². The van der Waals surface area contributed by atoms with Crippen LogP contribution < -0.4 is 9.47 Å². The molecule has 3 heterocycles. The highest BCUT2D eigenvalue weighted by Gasteiger charge is 2.27. The molecule has 1 atom stereocenters. The number of benzene rings is 2. The van der Waals surface area contributed by atoms with Crippen LogP contribution >= 0.6 is 11.3 Å². The Morgan fingerprint density at radius 1 is 1.08 bits per heavy atom. The Labute approximate surface area is 145 Å². The first-order valence-electron chi connectivity index (χ1n) is 7.64. The normalized spacial score (nSPS) is 16.3. The van der Waals surface area contributed by atoms with Crippen LogP contribution in [0.4, 0.5) is 4.39 Å². The predicted octanol–water partition coefficient (Wildman–Crippen LogP) is 3.50. The highest BCUT2D eigenvalue weighted by molar-refractivity contribution is 7.16. The molecular formula is C17H11FN4O2S. The molecule has 0 unspecified atom stereocenters. The summed E-state index contributed by atoms with van der Waals surface area (Å²) in [5.74, 6) is 1.58. The number of para-hydroxylation sites is 2. The van der Waals surface area contributed by atoms with E-state index in [0.717, 1.165) is 10.8 Å². The molecule has 25 heavy (non-hydrogen) atoms. The van der Waals surface area contributed by atoms with Crippen molar-refractivity contribution in [2.24, 2.45) is 0 Å². The Bertz CT molecular complexity index is 1080. The molecule has 6 nitrogen and oxygen atoms in total. The second-order valence-electron chi connectivity index (χ2n) is 5.53. The lowest BCUT2D eigenvalue weighted by Crippen LogP contribution is -2.21. The zero-order valence-corrected chi connectivity index (χ0v) is 13.6. The minimum Gasteiger partial charge on any atom is -0.485 e. The van der Waals surface area contributed by atoms with Crippen LogP contribution in [0.25, 0.3) is 16.3 Å². The first-order valence-corrected chi connectivity index (χ1v) is 8.46. The van der Waals surface area contributed by atoms with Gasteiger partial charge in [-0.25, -0.2) is 4.39 Å². The van der Waals surface area contributed by atoms with E-state index in [-0.39, 0.29) is 11.9 Å². The van der Waals surface area contributed by atoms with Gasteiger partial charge in [-0.3, -0.25) is 0 Å². The Kier molecular flexibility index (Phi) is 3.17. The van der Waals surface area contributed by atoms with Gasteiger partial charge in [0.25, 0.3) is 0 Å². The number of aromatic nitrogens is 4. The number of hydrogen-bond donors (Lipinski definition) is 0. The van der Waals surface area contributed by atoms with Crippen molar-refractivity contribution in [2.75, 3.05) is 6.61 Å². The summed E-state index contributed by atoms with van der Waals surface area (Å²) in [7, 11) is 0. The molecule has 0 spiro atoms. The highest BCUT2D eigenvalue weighted by atomic mass is 32.1. The third-order valence-corrected chi connectivity index (χ3v) is 4.86. The van der Waals surface area contributed by atoms with Crippen molar-refractivity contribution in [3.05, 3.63) is 59.4 Å². The van der Waals surface area contributed by atoms with Crippen LogP contribution in [-0.2, 0) is 0 Å². The summed E-state index contributed by atoms with van der Waals surface area (Å²) in [6.45, 7) is 0.371. The van der Waals surface area contributed by atoms with Crippen molar-refractivity contribution >= 4 is 16.3 Å². The lowest BCUT2D eigenvalue weighted by Gasteiger charge is -2.24. The molecule has 4 aromatic rings. The summed E-state index contributed by atoms with van der Waals surface area (Å²) in [5.41, 5.74) is 0.621. The molecule has 0 saturated carbocycles. The first-order chi connectivity index (χ1) is 12.3. The molecule has 0 bridgehead atoms. The lowest BCUT2D eigenvalue weighted by atomic mass is 10.2. The monoisotopic (exact) mass is 354 g/mol. The van der Waals surface area contributed by atoms with Gasteiger partial charge in [-0.05, 0) is 24.3 Å². The zero-order chi connectivity index (χ0) is 16.8. The average Bonchev–Trinajstić information content (AvgIpc) is 3.22. The van der Waals surface area contributed by atoms with Crippen molar-refractivity contribution in [2.45, 2.75) is 6.10 Å². The number of hydrogen-bond acceptors (Lipinski definition) is 6. The molecule has 2 aromatic heterocycles. The minimum absolute atomic E-state index is 0.318. The van der Waals surface area contributed by atoms with E-state index in [0.29, 0.717) is 28.7 Å². The standard InChI is InChI=1S/C17H11FN4O2S/c18-11-5-3-4-10(8-11)15-19-20-17-22(15)21-16(25-17)14-9-23-12-6-1-2-7-13(12)24-14/h1-8,14H,9H2/t14-/m1/s1. The molecule has 0 saturated heterocycles.